The molecule has 0 aliphatic rings. The van der Waals surface area contributed by atoms with Crippen LogP contribution in [-0.2, 0) is 9.59 Å². The van der Waals surface area contributed by atoms with Crippen molar-refractivity contribution in [3.63, 3.8) is 0 Å². The van der Waals surface area contributed by atoms with Crippen molar-refractivity contribution in [1.29, 1.82) is 0 Å². The first-order valence-electron chi connectivity index (χ1n) is 14.2. The van der Waals surface area contributed by atoms with Gasteiger partial charge in [0.25, 0.3) is 17.5 Å². The van der Waals surface area contributed by atoms with Crippen LogP contribution in [0.2, 0.25) is 10.0 Å². The number of rotatable bonds is 11. The van der Waals surface area contributed by atoms with E-state index in [0.717, 1.165) is 4.90 Å². The molecule has 1 unspecified atom stereocenters. The van der Waals surface area contributed by atoms with Crippen molar-refractivity contribution in [3.05, 3.63) is 139 Å². The number of benzene rings is 4. The average molecular weight is 719 g/mol. The highest BCUT2D eigenvalue weighted by Crippen LogP contribution is 2.33. The van der Waals surface area contributed by atoms with Gasteiger partial charge in [0.1, 0.15) is 5.70 Å². The first-order valence-corrected chi connectivity index (χ1v) is 16.7. The molecule has 4 aromatic carbocycles. The third-order valence-electron chi connectivity index (χ3n) is 6.68. The highest BCUT2D eigenvalue weighted by Gasteiger charge is 2.19. The summed E-state index contributed by atoms with van der Waals surface area (Å²) in [5, 5.41) is 22.0. The Kier molecular flexibility index (Phi) is 11.2. The minimum absolute atomic E-state index is 0.0647. The van der Waals surface area contributed by atoms with Crippen LogP contribution in [0.5, 0.6) is 0 Å². The Labute approximate surface area is 293 Å². The van der Waals surface area contributed by atoms with Crippen LogP contribution >= 0.6 is 46.3 Å². The lowest BCUT2D eigenvalue weighted by Gasteiger charge is -2.13. The lowest BCUT2D eigenvalue weighted by atomic mass is 10.1. The summed E-state index contributed by atoms with van der Waals surface area (Å²) in [6.45, 7) is 1.77. The summed E-state index contributed by atoms with van der Waals surface area (Å²) >= 11 is 14.9. The summed E-state index contributed by atoms with van der Waals surface area (Å²) in [7, 11) is 0. The van der Waals surface area contributed by atoms with E-state index < -0.39 is 22.0 Å². The molecule has 3 N–H and O–H groups in total. The van der Waals surface area contributed by atoms with Crippen molar-refractivity contribution in [2.75, 3.05) is 10.6 Å². The predicted octanol–water partition coefficient (Wildman–Crippen LogP) is 8.55. The normalized spacial score (nSPS) is 11.8. The topological polar surface area (TPSA) is 143 Å². The van der Waals surface area contributed by atoms with Gasteiger partial charge in [-0.15, -0.1) is 23.1 Å². The molecule has 5 aromatic rings. The van der Waals surface area contributed by atoms with Gasteiger partial charge in [-0.3, -0.25) is 24.5 Å². The number of carbonyl (C=O) groups is 3. The number of nitro benzene ring substituents is 1. The van der Waals surface area contributed by atoms with Gasteiger partial charge in [-0.1, -0.05) is 41.4 Å². The number of nitro groups is 1. The molecule has 0 aliphatic carbocycles. The molecular weight excluding hydrogens is 693 g/mol. The summed E-state index contributed by atoms with van der Waals surface area (Å²) in [5.41, 5.74) is 2.43. The number of non-ortho nitro benzene ring substituents is 1. The number of amides is 3. The zero-order valence-electron chi connectivity index (χ0n) is 25.0. The van der Waals surface area contributed by atoms with Gasteiger partial charge < -0.3 is 16.0 Å². The van der Waals surface area contributed by atoms with Gasteiger partial charge in [-0.2, -0.15) is 0 Å². The van der Waals surface area contributed by atoms with Crippen molar-refractivity contribution >= 4 is 86.6 Å². The standard InChI is InChI=1S/C34H25Cl2N5O5S2/c1-20(31(42)40-34-39-30(19-47-34)27-16-9-23(35)18-28(27)36)48-26-14-10-24(11-15-26)37-33(44)29(38-32(43)22-5-3-2-4-6-22)17-21-7-12-25(13-8-21)41(45)46/h2-20H,1H3,(H,37,44)(H,38,43)(H,39,40,42)/b29-17-. The summed E-state index contributed by atoms with van der Waals surface area (Å²) in [6, 6.07) is 26.0. The largest absolute Gasteiger partial charge is 0.321 e. The molecule has 5 rings (SSSR count). The monoisotopic (exact) mass is 717 g/mol. The number of halogens is 2. The number of thiazole rings is 1. The van der Waals surface area contributed by atoms with E-state index in [1.165, 1.54) is 53.4 Å². The van der Waals surface area contributed by atoms with E-state index in [1.54, 1.807) is 85.1 Å². The summed E-state index contributed by atoms with van der Waals surface area (Å²) in [5.74, 6) is -1.34. The van der Waals surface area contributed by atoms with Crippen molar-refractivity contribution < 1.29 is 19.3 Å². The van der Waals surface area contributed by atoms with Crippen molar-refractivity contribution in [3.8, 4) is 11.3 Å². The van der Waals surface area contributed by atoms with Gasteiger partial charge in [-0.25, -0.2) is 4.98 Å². The van der Waals surface area contributed by atoms with E-state index in [4.69, 9.17) is 23.2 Å². The third-order valence-corrected chi connectivity index (χ3v) is 9.10. The maximum absolute atomic E-state index is 13.3. The molecule has 3 amide bonds. The molecule has 0 radical (unpaired) electrons. The lowest BCUT2D eigenvalue weighted by molar-refractivity contribution is -0.384. The van der Waals surface area contributed by atoms with Crippen molar-refractivity contribution in [2.45, 2.75) is 17.1 Å². The van der Waals surface area contributed by atoms with E-state index in [-0.39, 0.29) is 17.3 Å². The fraction of sp³-hybridized carbons (Fsp3) is 0.0588. The molecule has 0 aliphatic heterocycles. The number of nitrogens with zero attached hydrogens (tertiary/aromatic N) is 2. The van der Waals surface area contributed by atoms with E-state index in [2.05, 4.69) is 20.9 Å². The predicted molar refractivity (Wildman–Crippen MR) is 192 cm³/mol. The molecule has 10 nitrogen and oxygen atoms in total. The van der Waals surface area contributed by atoms with Crippen LogP contribution in [0.25, 0.3) is 17.3 Å². The molecule has 0 saturated carbocycles. The number of hydrogen-bond acceptors (Lipinski definition) is 8. The van der Waals surface area contributed by atoms with Gasteiger partial charge >= 0.3 is 0 Å². The molecule has 0 saturated heterocycles. The molecule has 0 spiro atoms. The minimum atomic E-state index is -0.603. The fourth-order valence-electron chi connectivity index (χ4n) is 4.23. The smallest absolute Gasteiger partial charge is 0.272 e. The SMILES string of the molecule is CC(Sc1ccc(NC(=O)/C(=C/c2ccc([N+](=O)[O-])cc2)NC(=O)c2ccccc2)cc1)C(=O)Nc1nc(-c2ccc(Cl)cc2Cl)cs1. The molecular formula is C34H25Cl2N5O5S2. The number of nitrogens with one attached hydrogen (secondary N) is 3. The van der Waals surface area contributed by atoms with Crippen LogP contribution in [-0.4, -0.2) is 32.9 Å². The number of carbonyl (C=O) groups excluding carboxylic acids is 3. The molecule has 0 bridgehead atoms. The zero-order chi connectivity index (χ0) is 34.2. The summed E-state index contributed by atoms with van der Waals surface area (Å²) < 4.78 is 0. The Bertz CT molecular complexity index is 2000. The van der Waals surface area contributed by atoms with Crippen molar-refractivity contribution in [2.24, 2.45) is 0 Å². The first-order chi connectivity index (χ1) is 23.0. The van der Waals surface area contributed by atoms with Crippen LogP contribution in [0.1, 0.15) is 22.8 Å². The second-order valence-electron chi connectivity index (χ2n) is 10.1. The van der Waals surface area contributed by atoms with Crippen molar-refractivity contribution in [1.82, 2.24) is 10.3 Å². The molecule has 48 heavy (non-hydrogen) atoms. The number of thioether (sulfide) groups is 1. The van der Waals surface area contributed by atoms with E-state index in [1.807, 2.05) is 0 Å². The summed E-state index contributed by atoms with van der Waals surface area (Å²) in [6.07, 6.45) is 1.43. The highest BCUT2D eigenvalue weighted by atomic mass is 35.5. The van der Waals surface area contributed by atoms with Crippen LogP contribution in [0, 0.1) is 10.1 Å². The fourth-order valence-corrected chi connectivity index (χ4v) is 6.32. The number of aromatic nitrogens is 1. The van der Waals surface area contributed by atoms with Gasteiger partial charge in [0, 0.05) is 44.2 Å². The Morgan fingerprint density at radius 2 is 1.65 bits per heavy atom. The molecule has 0 fully saturated rings. The third kappa shape index (κ3) is 9.07. The quantitative estimate of drug-likeness (QED) is 0.0538. The number of anilines is 2. The Hall–Kier alpha value is -5.01. The molecule has 242 valence electrons. The molecule has 1 aromatic heterocycles. The van der Waals surface area contributed by atoms with Gasteiger partial charge in [0.2, 0.25) is 5.91 Å². The first kappa shape index (κ1) is 34.3. The van der Waals surface area contributed by atoms with E-state index in [0.29, 0.717) is 43.2 Å². The van der Waals surface area contributed by atoms with Gasteiger partial charge in [-0.05, 0) is 85.3 Å². The maximum atomic E-state index is 13.3. The summed E-state index contributed by atoms with van der Waals surface area (Å²) in [4.78, 5) is 54.9. The lowest BCUT2D eigenvalue weighted by Crippen LogP contribution is -2.30. The average Bonchev–Trinajstić information content (AvgIpc) is 3.53. The second kappa shape index (κ2) is 15.7. The second-order valence-corrected chi connectivity index (χ2v) is 13.2. The zero-order valence-corrected chi connectivity index (χ0v) is 28.1. The van der Waals surface area contributed by atoms with E-state index >= 15 is 0 Å². The van der Waals surface area contributed by atoms with Crippen LogP contribution in [0.15, 0.2) is 113 Å². The Balaban J connectivity index is 1.22. The highest BCUT2D eigenvalue weighted by molar-refractivity contribution is 8.00. The van der Waals surface area contributed by atoms with Crippen LogP contribution in [0.4, 0.5) is 16.5 Å². The van der Waals surface area contributed by atoms with Gasteiger partial charge in [0.05, 0.1) is 20.9 Å². The maximum Gasteiger partial charge on any atom is 0.272 e. The van der Waals surface area contributed by atoms with Gasteiger partial charge in [0.15, 0.2) is 5.13 Å². The van der Waals surface area contributed by atoms with Crippen LogP contribution in [0.3, 0.4) is 0 Å². The Morgan fingerprint density at radius 1 is 0.938 bits per heavy atom. The molecule has 1 heterocycles. The number of hydrogen-bond donors (Lipinski definition) is 3. The van der Waals surface area contributed by atoms with E-state index in [9.17, 15) is 24.5 Å². The van der Waals surface area contributed by atoms with Crippen LogP contribution < -0.4 is 16.0 Å². The Morgan fingerprint density at radius 3 is 2.31 bits per heavy atom. The molecule has 1 atom stereocenters. The molecule has 14 heteroatoms. The minimum Gasteiger partial charge on any atom is -0.321 e.